The molecule has 0 bridgehead atoms. The van der Waals surface area contributed by atoms with Gasteiger partial charge in [0.1, 0.15) is 0 Å². The summed E-state index contributed by atoms with van der Waals surface area (Å²) in [5.41, 5.74) is 0. The number of hydrogen-bond donors (Lipinski definition) is 0. The summed E-state index contributed by atoms with van der Waals surface area (Å²) in [6.07, 6.45) is 2.45. The lowest BCUT2D eigenvalue weighted by Crippen LogP contribution is -2.21. The Hall–Kier alpha value is -0.0400. The summed E-state index contributed by atoms with van der Waals surface area (Å²) in [5, 5.41) is 0. The maximum Gasteiger partial charge on any atom is 0.0128 e. The van der Waals surface area contributed by atoms with Crippen LogP contribution >= 0.6 is 0 Å². The average Bonchev–Trinajstić information content (AvgIpc) is 1.91. The minimum Gasteiger partial charge on any atom is -0.303 e. The molecule has 7 heavy (non-hydrogen) atoms. The Labute approximate surface area is 45.3 Å². The maximum absolute atomic E-state index is 5.60. The molecule has 0 saturated carbocycles. The molecular formula is C6H11N. The van der Waals surface area contributed by atoms with Crippen LogP contribution in [0.4, 0.5) is 0 Å². The predicted molar refractivity (Wildman–Crippen MR) is 30.0 cm³/mol. The van der Waals surface area contributed by atoms with Gasteiger partial charge in [-0.25, -0.2) is 0 Å². The van der Waals surface area contributed by atoms with Gasteiger partial charge in [-0.3, -0.25) is 0 Å². The molecule has 0 aliphatic carbocycles. The van der Waals surface area contributed by atoms with Gasteiger partial charge in [-0.05, 0) is 33.4 Å². The first-order valence-electron chi connectivity index (χ1n) is 2.76. The molecule has 1 heterocycles. The Morgan fingerprint density at radius 3 is 2.57 bits per heavy atom. The highest BCUT2D eigenvalue weighted by Crippen LogP contribution is 2.11. The largest absolute Gasteiger partial charge is 0.303 e. The zero-order valence-corrected chi connectivity index (χ0v) is 4.72. The Balaban J connectivity index is 2.33. The van der Waals surface area contributed by atoms with E-state index in [0.717, 1.165) is 0 Å². The minimum atomic E-state index is 0.347. The standard InChI is InChI=1S/C6H11N/c1-6-4-3-5-7(6)2/h1,6H,3-5H2,2H3. The number of likely N-dealkylation sites (tertiary alicyclic amines) is 1. The molecule has 1 unspecified atom stereocenters. The van der Waals surface area contributed by atoms with Gasteiger partial charge in [-0.15, -0.1) is 0 Å². The normalized spacial score (nSPS) is 34.3. The first-order valence-corrected chi connectivity index (χ1v) is 2.76. The Morgan fingerprint density at radius 2 is 2.43 bits per heavy atom. The summed E-state index contributed by atoms with van der Waals surface area (Å²) < 4.78 is 0. The number of nitrogens with zero attached hydrogens (tertiary/aromatic N) is 1. The van der Waals surface area contributed by atoms with Crippen molar-refractivity contribution < 1.29 is 0 Å². The van der Waals surface area contributed by atoms with Crippen molar-refractivity contribution in [2.45, 2.75) is 18.9 Å². The lowest BCUT2D eigenvalue weighted by Gasteiger charge is -2.11. The van der Waals surface area contributed by atoms with E-state index in [-0.39, 0.29) is 0 Å². The van der Waals surface area contributed by atoms with Crippen LogP contribution in [0.5, 0.6) is 0 Å². The van der Waals surface area contributed by atoms with E-state index in [2.05, 4.69) is 11.9 Å². The van der Waals surface area contributed by atoms with E-state index < -0.39 is 0 Å². The second kappa shape index (κ2) is 1.83. The molecule has 1 rings (SSSR count). The number of rotatable bonds is 0. The lowest BCUT2D eigenvalue weighted by molar-refractivity contribution is 0.355. The zero-order valence-electron chi connectivity index (χ0n) is 4.72. The summed E-state index contributed by atoms with van der Waals surface area (Å²) in [5.74, 6) is 0. The van der Waals surface area contributed by atoms with Crippen molar-refractivity contribution in [2.24, 2.45) is 0 Å². The molecule has 1 aliphatic rings. The summed E-state index contributed by atoms with van der Waals surface area (Å²) in [6, 6.07) is 0.347. The fraction of sp³-hybridized carbons (Fsp3) is 0.833. The fourth-order valence-electron chi connectivity index (χ4n) is 0.936. The van der Waals surface area contributed by atoms with E-state index in [0.29, 0.717) is 6.04 Å². The highest BCUT2D eigenvalue weighted by Gasteiger charge is 2.14. The third-order valence-electron chi connectivity index (χ3n) is 1.58. The van der Waals surface area contributed by atoms with Crippen molar-refractivity contribution in [2.75, 3.05) is 13.6 Å². The van der Waals surface area contributed by atoms with E-state index in [9.17, 15) is 0 Å². The van der Waals surface area contributed by atoms with Gasteiger partial charge in [0.2, 0.25) is 0 Å². The molecule has 0 spiro atoms. The Kier molecular flexibility index (Phi) is 1.33. The SMILES string of the molecule is [CH]C1CCCN1C. The van der Waals surface area contributed by atoms with Crippen LogP contribution in [0.2, 0.25) is 0 Å². The molecule has 1 fully saturated rings. The topological polar surface area (TPSA) is 3.24 Å². The van der Waals surface area contributed by atoms with Crippen LogP contribution in [-0.2, 0) is 0 Å². The Bertz CT molecular complexity index is 53.2. The molecule has 40 valence electrons. The van der Waals surface area contributed by atoms with Crippen LogP contribution in [0.15, 0.2) is 0 Å². The zero-order chi connectivity index (χ0) is 5.28. The molecule has 1 heteroatoms. The van der Waals surface area contributed by atoms with E-state index >= 15 is 0 Å². The predicted octanol–water partition coefficient (Wildman–Crippen LogP) is 0.792. The van der Waals surface area contributed by atoms with Gasteiger partial charge in [0.15, 0.2) is 0 Å². The van der Waals surface area contributed by atoms with E-state index in [4.69, 9.17) is 6.92 Å². The van der Waals surface area contributed by atoms with E-state index in [1.807, 2.05) is 0 Å². The smallest absolute Gasteiger partial charge is 0.0128 e. The second-order valence-corrected chi connectivity index (χ2v) is 2.19. The van der Waals surface area contributed by atoms with Crippen LogP contribution in [-0.4, -0.2) is 24.5 Å². The molecule has 2 radical (unpaired) electrons. The molecule has 1 aliphatic heterocycles. The van der Waals surface area contributed by atoms with Gasteiger partial charge in [-0.1, -0.05) is 0 Å². The number of hydrogen-bond acceptors (Lipinski definition) is 1. The highest BCUT2D eigenvalue weighted by atomic mass is 15.1. The maximum atomic E-state index is 5.60. The fourth-order valence-corrected chi connectivity index (χ4v) is 0.936. The molecule has 0 N–H and O–H groups in total. The van der Waals surface area contributed by atoms with Gasteiger partial charge in [0.25, 0.3) is 0 Å². The Morgan fingerprint density at radius 1 is 1.71 bits per heavy atom. The van der Waals surface area contributed by atoms with Crippen LogP contribution in [0.1, 0.15) is 12.8 Å². The molecular weight excluding hydrogens is 86.1 g/mol. The molecule has 0 amide bonds. The highest BCUT2D eigenvalue weighted by molar-refractivity contribution is 4.77. The summed E-state index contributed by atoms with van der Waals surface area (Å²) >= 11 is 0. The van der Waals surface area contributed by atoms with Gasteiger partial charge in [0, 0.05) is 6.04 Å². The van der Waals surface area contributed by atoms with Crippen molar-refractivity contribution in [3.8, 4) is 0 Å². The minimum absolute atomic E-state index is 0.347. The third-order valence-corrected chi connectivity index (χ3v) is 1.58. The van der Waals surface area contributed by atoms with Crippen molar-refractivity contribution >= 4 is 0 Å². The van der Waals surface area contributed by atoms with Gasteiger partial charge >= 0.3 is 0 Å². The van der Waals surface area contributed by atoms with Crippen LogP contribution in [0.25, 0.3) is 0 Å². The first-order chi connectivity index (χ1) is 3.30. The summed E-state index contributed by atoms with van der Waals surface area (Å²) in [6.45, 7) is 6.79. The summed E-state index contributed by atoms with van der Waals surface area (Å²) in [7, 11) is 2.07. The van der Waals surface area contributed by atoms with Gasteiger partial charge < -0.3 is 4.90 Å². The molecule has 1 nitrogen and oxygen atoms in total. The quantitative estimate of drug-likeness (QED) is 0.432. The second-order valence-electron chi connectivity index (χ2n) is 2.19. The van der Waals surface area contributed by atoms with Crippen LogP contribution < -0.4 is 0 Å². The van der Waals surface area contributed by atoms with Crippen molar-refractivity contribution in [1.29, 1.82) is 0 Å². The molecule has 0 aromatic heterocycles. The van der Waals surface area contributed by atoms with Crippen LogP contribution in [0, 0.1) is 6.92 Å². The van der Waals surface area contributed by atoms with Crippen LogP contribution in [0.3, 0.4) is 0 Å². The molecule has 0 aromatic carbocycles. The van der Waals surface area contributed by atoms with Crippen molar-refractivity contribution in [3.05, 3.63) is 6.92 Å². The monoisotopic (exact) mass is 97.1 g/mol. The van der Waals surface area contributed by atoms with Gasteiger partial charge in [0.05, 0.1) is 0 Å². The lowest BCUT2D eigenvalue weighted by atomic mass is 10.3. The molecule has 1 atom stereocenters. The van der Waals surface area contributed by atoms with Crippen molar-refractivity contribution in [1.82, 2.24) is 4.90 Å². The first kappa shape index (κ1) is 5.10. The molecule has 0 aromatic rings. The molecule has 1 saturated heterocycles. The van der Waals surface area contributed by atoms with E-state index in [1.165, 1.54) is 19.4 Å². The summed E-state index contributed by atoms with van der Waals surface area (Å²) in [4.78, 5) is 2.18. The third kappa shape index (κ3) is 0.942. The average molecular weight is 97.2 g/mol. The van der Waals surface area contributed by atoms with E-state index in [1.54, 1.807) is 0 Å². The van der Waals surface area contributed by atoms with Gasteiger partial charge in [-0.2, -0.15) is 0 Å². The van der Waals surface area contributed by atoms with Crippen molar-refractivity contribution in [3.63, 3.8) is 0 Å².